The normalized spacial score (nSPS) is 50.0. The van der Waals surface area contributed by atoms with Crippen LogP contribution in [0.25, 0.3) is 0 Å². The Morgan fingerprint density at radius 1 is 1.33 bits per heavy atom. The lowest BCUT2D eigenvalue weighted by Gasteiger charge is -2.41. The third-order valence-corrected chi connectivity index (χ3v) is 4.30. The third kappa shape index (κ3) is 0.834. The largest absolute Gasteiger partial charge is 0.375 e. The van der Waals surface area contributed by atoms with Crippen LogP contribution >= 0.6 is 0 Å². The Hall–Kier alpha value is -0.0400. The first kappa shape index (κ1) is 8.55. The second kappa shape index (κ2) is 2.25. The summed E-state index contributed by atoms with van der Waals surface area (Å²) in [6.07, 6.45) is 4.45. The first-order chi connectivity index (χ1) is 5.50. The zero-order chi connectivity index (χ0) is 8.98. The summed E-state index contributed by atoms with van der Waals surface area (Å²) < 4.78 is 5.41. The van der Waals surface area contributed by atoms with Gasteiger partial charge in [0.05, 0.1) is 13.2 Å². The molecule has 0 aromatic carbocycles. The standard InChI is InChI=1S/C11H19O/c1-10(2)8-5-6-11(3,7-8)9(10)12-4/h8-9H,4-7H2,1-3H3. The smallest absolute Gasteiger partial charge is 0.0704 e. The summed E-state index contributed by atoms with van der Waals surface area (Å²) in [5, 5.41) is 0. The van der Waals surface area contributed by atoms with E-state index in [9.17, 15) is 0 Å². The van der Waals surface area contributed by atoms with Crippen molar-refractivity contribution in [2.75, 3.05) is 0 Å². The molecule has 0 saturated heterocycles. The van der Waals surface area contributed by atoms with E-state index in [1.54, 1.807) is 0 Å². The monoisotopic (exact) mass is 167 g/mol. The highest BCUT2D eigenvalue weighted by Crippen LogP contribution is 2.63. The average Bonchev–Trinajstić information content (AvgIpc) is 2.39. The van der Waals surface area contributed by atoms with Crippen LogP contribution in [0.5, 0.6) is 0 Å². The summed E-state index contributed by atoms with van der Waals surface area (Å²) in [6, 6.07) is 0. The van der Waals surface area contributed by atoms with E-state index >= 15 is 0 Å². The summed E-state index contributed by atoms with van der Waals surface area (Å²) in [5.74, 6) is 0.870. The van der Waals surface area contributed by atoms with E-state index < -0.39 is 0 Å². The molecular weight excluding hydrogens is 148 g/mol. The van der Waals surface area contributed by atoms with Crippen molar-refractivity contribution in [3.63, 3.8) is 0 Å². The Morgan fingerprint density at radius 3 is 2.33 bits per heavy atom. The molecule has 1 nitrogen and oxygen atoms in total. The van der Waals surface area contributed by atoms with E-state index in [-0.39, 0.29) is 0 Å². The number of fused-ring (bicyclic) bond motifs is 2. The summed E-state index contributed by atoms with van der Waals surface area (Å²) in [6.45, 7) is 7.02. The van der Waals surface area contributed by atoms with Gasteiger partial charge in [0.2, 0.25) is 0 Å². The van der Waals surface area contributed by atoms with Gasteiger partial charge in [-0.1, -0.05) is 20.8 Å². The Balaban J connectivity index is 2.31. The highest BCUT2D eigenvalue weighted by Gasteiger charge is 2.59. The van der Waals surface area contributed by atoms with Crippen LogP contribution in [0.3, 0.4) is 0 Å². The van der Waals surface area contributed by atoms with Gasteiger partial charge >= 0.3 is 0 Å². The summed E-state index contributed by atoms with van der Waals surface area (Å²) >= 11 is 0. The van der Waals surface area contributed by atoms with Crippen LogP contribution < -0.4 is 0 Å². The highest BCUT2D eigenvalue weighted by atomic mass is 16.5. The zero-order valence-electron chi connectivity index (χ0n) is 8.39. The van der Waals surface area contributed by atoms with Gasteiger partial charge in [-0.05, 0) is 36.0 Å². The van der Waals surface area contributed by atoms with E-state index in [1.807, 2.05) is 0 Å². The van der Waals surface area contributed by atoms with Crippen LogP contribution in [0.1, 0.15) is 40.0 Å². The van der Waals surface area contributed by atoms with Crippen molar-refractivity contribution in [1.29, 1.82) is 0 Å². The topological polar surface area (TPSA) is 9.23 Å². The molecule has 0 amide bonds. The third-order valence-electron chi connectivity index (χ3n) is 4.30. The lowest BCUT2D eigenvalue weighted by Crippen LogP contribution is -2.41. The van der Waals surface area contributed by atoms with Crippen molar-refractivity contribution in [3.8, 4) is 0 Å². The van der Waals surface area contributed by atoms with Gasteiger partial charge < -0.3 is 4.74 Å². The molecule has 12 heavy (non-hydrogen) atoms. The Morgan fingerprint density at radius 2 is 2.00 bits per heavy atom. The fourth-order valence-electron chi connectivity index (χ4n) is 3.67. The van der Waals surface area contributed by atoms with Crippen LogP contribution in [0.15, 0.2) is 0 Å². The van der Waals surface area contributed by atoms with Crippen molar-refractivity contribution < 1.29 is 4.74 Å². The van der Waals surface area contributed by atoms with E-state index in [4.69, 9.17) is 4.74 Å². The van der Waals surface area contributed by atoms with Gasteiger partial charge in [0, 0.05) is 0 Å². The molecule has 1 radical (unpaired) electrons. The molecule has 1 heteroatoms. The molecule has 2 aliphatic carbocycles. The maximum Gasteiger partial charge on any atom is 0.0704 e. The molecule has 0 heterocycles. The lowest BCUT2D eigenvalue weighted by molar-refractivity contribution is -0.0473. The van der Waals surface area contributed by atoms with Crippen LogP contribution in [0.4, 0.5) is 0 Å². The molecular formula is C11H19O. The Labute approximate surface area is 75.5 Å². The molecule has 2 rings (SSSR count). The van der Waals surface area contributed by atoms with Gasteiger partial charge in [0.15, 0.2) is 0 Å². The van der Waals surface area contributed by atoms with E-state index in [0.717, 1.165) is 5.92 Å². The minimum atomic E-state index is 0.356. The molecule has 2 aliphatic rings. The van der Waals surface area contributed by atoms with E-state index in [2.05, 4.69) is 27.9 Å². The van der Waals surface area contributed by atoms with Crippen molar-refractivity contribution in [1.82, 2.24) is 0 Å². The quantitative estimate of drug-likeness (QED) is 0.583. The second-order valence-corrected chi connectivity index (χ2v) is 5.46. The van der Waals surface area contributed by atoms with Crippen molar-refractivity contribution in [3.05, 3.63) is 7.11 Å². The van der Waals surface area contributed by atoms with Gasteiger partial charge in [-0.25, -0.2) is 0 Å². The van der Waals surface area contributed by atoms with Crippen molar-refractivity contribution in [2.45, 2.75) is 46.1 Å². The molecule has 2 saturated carbocycles. The number of hydrogen-bond donors (Lipinski definition) is 0. The summed E-state index contributed by atoms with van der Waals surface area (Å²) in [7, 11) is 3.63. The van der Waals surface area contributed by atoms with Gasteiger partial charge in [-0.2, -0.15) is 0 Å². The van der Waals surface area contributed by atoms with E-state index in [1.165, 1.54) is 19.3 Å². The molecule has 2 fully saturated rings. The van der Waals surface area contributed by atoms with Gasteiger partial charge in [0.25, 0.3) is 0 Å². The molecule has 0 spiro atoms. The molecule has 3 atom stereocenters. The van der Waals surface area contributed by atoms with Gasteiger partial charge in [-0.3, -0.25) is 0 Å². The molecule has 3 unspecified atom stereocenters. The predicted octanol–water partition coefficient (Wildman–Crippen LogP) is 3.01. The fraction of sp³-hybridized carbons (Fsp3) is 0.909. The molecule has 69 valence electrons. The molecule has 0 aromatic heterocycles. The Kier molecular flexibility index (Phi) is 1.61. The second-order valence-electron chi connectivity index (χ2n) is 5.46. The zero-order valence-corrected chi connectivity index (χ0v) is 8.39. The van der Waals surface area contributed by atoms with Crippen LogP contribution in [0.2, 0.25) is 0 Å². The van der Waals surface area contributed by atoms with Crippen LogP contribution in [-0.2, 0) is 4.74 Å². The maximum atomic E-state index is 5.41. The SMILES string of the molecule is [CH2]OC1C2(C)CCC(C2)C1(C)C. The molecule has 0 aromatic rings. The number of ether oxygens (including phenoxy) is 1. The Bertz CT molecular complexity index is 192. The minimum Gasteiger partial charge on any atom is -0.375 e. The molecule has 2 bridgehead atoms. The average molecular weight is 167 g/mol. The predicted molar refractivity (Wildman–Crippen MR) is 49.5 cm³/mol. The van der Waals surface area contributed by atoms with Crippen LogP contribution in [0, 0.1) is 23.9 Å². The lowest BCUT2D eigenvalue weighted by atomic mass is 9.70. The maximum absolute atomic E-state index is 5.41. The first-order valence-electron chi connectivity index (χ1n) is 4.91. The highest BCUT2D eigenvalue weighted by molar-refractivity contribution is 5.09. The summed E-state index contributed by atoms with van der Waals surface area (Å²) in [5.41, 5.74) is 0.782. The van der Waals surface area contributed by atoms with Crippen molar-refractivity contribution >= 4 is 0 Å². The fourth-order valence-corrected chi connectivity index (χ4v) is 3.67. The number of hydrogen-bond acceptors (Lipinski definition) is 1. The van der Waals surface area contributed by atoms with Gasteiger partial charge in [0.1, 0.15) is 0 Å². The molecule has 0 aliphatic heterocycles. The summed E-state index contributed by atoms with van der Waals surface area (Å²) in [4.78, 5) is 0. The van der Waals surface area contributed by atoms with E-state index in [0.29, 0.717) is 16.9 Å². The molecule has 0 N–H and O–H groups in total. The minimum absolute atomic E-state index is 0.356. The number of rotatable bonds is 1. The van der Waals surface area contributed by atoms with Crippen LogP contribution in [-0.4, -0.2) is 6.10 Å². The van der Waals surface area contributed by atoms with Gasteiger partial charge in [-0.15, -0.1) is 0 Å². The van der Waals surface area contributed by atoms with Crippen molar-refractivity contribution in [2.24, 2.45) is 16.7 Å². The first-order valence-corrected chi connectivity index (χ1v) is 4.91.